The zero-order chi connectivity index (χ0) is 16.9. The summed E-state index contributed by atoms with van der Waals surface area (Å²) in [5, 5.41) is 24.2. The van der Waals surface area contributed by atoms with E-state index in [0.29, 0.717) is 0 Å². The fourth-order valence-electron chi connectivity index (χ4n) is 1.43. The Hall–Kier alpha value is -3.16. The SMILES string of the molecule is N#C/C(=C/Nc1cccc(OC(F)(F)C(F)F)c1)c1nn[nH]n1. The minimum Gasteiger partial charge on any atom is -0.428 e. The minimum absolute atomic E-state index is 0.0166. The van der Waals surface area contributed by atoms with Gasteiger partial charge in [-0.3, -0.25) is 0 Å². The molecule has 120 valence electrons. The van der Waals surface area contributed by atoms with E-state index in [4.69, 9.17) is 5.26 Å². The van der Waals surface area contributed by atoms with E-state index in [1.54, 1.807) is 6.07 Å². The number of tetrazole rings is 1. The summed E-state index contributed by atoms with van der Waals surface area (Å²) in [6.07, 6.45) is -7.35. The molecule has 0 radical (unpaired) electrons. The van der Waals surface area contributed by atoms with Gasteiger partial charge < -0.3 is 10.1 Å². The fraction of sp³-hybridized carbons (Fsp3) is 0.167. The highest BCUT2D eigenvalue weighted by Crippen LogP contribution is 2.28. The average Bonchev–Trinajstić information content (AvgIpc) is 3.02. The molecule has 0 bridgehead atoms. The molecule has 11 heteroatoms. The predicted molar refractivity (Wildman–Crippen MR) is 69.4 cm³/mol. The number of nitriles is 1. The number of alkyl halides is 4. The van der Waals surface area contributed by atoms with Crippen LogP contribution >= 0.6 is 0 Å². The average molecular weight is 328 g/mol. The molecule has 1 aromatic carbocycles. The van der Waals surface area contributed by atoms with Gasteiger partial charge >= 0.3 is 12.5 Å². The maximum absolute atomic E-state index is 12.8. The first-order valence-corrected chi connectivity index (χ1v) is 5.98. The van der Waals surface area contributed by atoms with Crippen molar-refractivity contribution in [3.05, 3.63) is 36.3 Å². The van der Waals surface area contributed by atoms with Crippen LogP contribution in [0.5, 0.6) is 5.75 Å². The van der Waals surface area contributed by atoms with Crippen LogP contribution in [0.25, 0.3) is 5.57 Å². The van der Waals surface area contributed by atoms with Gasteiger partial charge in [0.15, 0.2) is 0 Å². The molecule has 0 unspecified atom stereocenters. The molecule has 1 aromatic heterocycles. The second-order valence-electron chi connectivity index (χ2n) is 4.04. The maximum Gasteiger partial charge on any atom is 0.461 e. The molecular formula is C12H8F4N6O. The Balaban J connectivity index is 2.13. The lowest BCUT2D eigenvalue weighted by molar-refractivity contribution is -0.253. The molecule has 2 N–H and O–H groups in total. The highest BCUT2D eigenvalue weighted by molar-refractivity contribution is 5.74. The van der Waals surface area contributed by atoms with Crippen molar-refractivity contribution in [3.63, 3.8) is 0 Å². The van der Waals surface area contributed by atoms with Gasteiger partial charge in [0.25, 0.3) is 0 Å². The van der Waals surface area contributed by atoms with Crippen LogP contribution in [0.4, 0.5) is 23.2 Å². The van der Waals surface area contributed by atoms with Gasteiger partial charge in [0, 0.05) is 18.0 Å². The lowest BCUT2D eigenvalue weighted by atomic mass is 10.2. The Kier molecular flexibility index (Phi) is 4.75. The van der Waals surface area contributed by atoms with Gasteiger partial charge in [0.05, 0.1) is 0 Å². The summed E-state index contributed by atoms with van der Waals surface area (Å²) in [6.45, 7) is 0. The number of ether oxygens (including phenoxy) is 1. The number of aromatic amines is 1. The third-order valence-corrected chi connectivity index (χ3v) is 2.43. The van der Waals surface area contributed by atoms with Crippen LogP contribution in [-0.4, -0.2) is 33.2 Å². The third kappa shape index (κ3) is 4.16. The van der Waals surface area contributed by atoms with Crippen molar-refractivity contribution in [2.45, 2.75) is 12.5 Å². The molecular weight excluding hydrogens is 320 g/mol. The molecule has 0 atom stereocenters. The van der Waals surface area contributed by atoms with E-state index in [9.17, 15) is 17.6 Å². The standard InChI is InChI=1S/C12H8F4N6O/c13-11(14)12(15,16)23-9-3-1-2-8(4-9)18-6-7(5-17)10-19-21-22-20-10/h1-4,6,11,18H,(H,19,20,21,22)/b7-6-. The number of halogens is 4. The van der Waals surface area contributed by atoms with Crippen molar-refractivity contribution in [3.8, 4) is 11.8 Å². The highest BCUT2D eigenvalue weighted by Gasteiger charge is 2.43. The predicted octanol–water partition coefficient (Wildman–Crippen LogP) is 2.41. The van der Waals surface area contributed by atoms with E-state index in [2.05, 4.69) is 30.7 Å². The Morgan fingerprint density at radius 3 is 2.83 bits per heavy atom. The summed E-state index contributed by atoms with van der Waals surface area (Å²) in [5.41, 5.74) is 0.242. The largest absolute Gasteiger partial charge is 0.461 e. The van der Waals surface area contributed by atoms with E-state index >= 15 is 0 Å². The molecule has 0 saturated heterocycles. The highest BCUT2D eigenvalue weighted by atomic mass is 19.3. The number of benzene rings is 1. The van der Waals surface area contributed by atoms with E-state index < -0.39 is 18.3 Å². The zero-order valence-corrected chi connectivity index (χ0v) is 11.2. The number of hydrogen-bond donors (Lipinski definition) is 2. The summed E-state index contributed by atoms with van der Waals surface area (Å²) in [6, 6.07) is 6.73. The first-order chi connectivity index (χ1) is 10.9. The molecule has 0 aliphatic carbocycles. The van der Waals surface area contributed by atoms with Crippen LogP contribution in [0, 0.1) is 11.3 Å². The number of rotatable bonds is 6. The van der Waals surface area contributed by atoms with Gasteiger partial charge in [0.2, 0.25) is 5.82 Å². The molecule has 23 heavy (non-hydrogen) atoms. The maximum atomic E-state index is 12.8. The van der Waals surface area contributed by atoms with E-state index in [-0.39, 0.29) is 17.1 Å². The van der Waals surface area contributed by atoms with E-state index in [0.717, 1.165) is 12.1 Å². The van der Waals surface area contributed by atoms with Crippen LogP contribution in [0.3, 0.4) is 0 Å². The van der Waals surface area contributed by atoms with E-state index in [1.165, 1.54) is 18.3 Å². The van der Waals surface area contributed by atoms with Gasteiger partial charge in [-0.25, -0.2) is 0 Å². The van der Waals surface area contributed by atoms with Crippen molar-refractivity contribution in [2.75, 3.05) is 5.32 Å². The topological polar surface area (TPSA) is 99.5 Å². The first-order valence-electron chi connectivity index (χ1n) is 5.98. The van der Waals surface area contributed by atoms with Crippen molar-refractivity contribution < 1.29 is 22.3 Å². The second kappa shape index (κ2) is 6.73. The molecule has 0 spiro atoms. The van der Waals surface area contributed by atoms with Gasteiger partial charge in [-0.05, 0) is 17.3 Å². The van der Waals surface area contributed by atoms with Crippen molar-refractivity contribution in [2.24, 2.45) is 0 Å². The molecule has 0 amide bonds. The third-order valence-electron chi connectivity index (χ3n) is 2.43. The zero-order valence-electron chi connectivity index (χ0n) is 11.2. The smallest absolute Gasteiger partial charge is 0.428 e. The number of H-pyrrole nitrogens is 1. The number of nitrogens with zero attached hydrogens (tertiary/aromatic N) is 4. The molecule has 2 aromatic rings. The molecule has 7 nitrogen and oxygen atoms in total. The van der Waals surface area contributed by atoms with Gasteiger partial charge in [-0.2, -0.15) is 28.0 Å². The van der Waals surface area contributed by atoms with Crippen LogP contribution in [0.1, 0.15) is 5.82 Å². The number of nitrogens with one attached hydrogen (secondary N) is 2. The number of aromatic nitrogens is 4. The summed E-state index contributed by atoms with van der Waals surface area (Å²) < 4.78 is 53.8. The number of anilines is 1. The van der Waals surface area contributed by atoms with Crippen molar-refractivity contribution in [1.29, 1.82) is 5.26 Å². The van der Waals surface area contributed by atoms with Gasteiger partial charge in [-0.15, -0.1) is 10.2 Å². The van der Waals surface area contributed by atoms with Crippen LogP contribution in [0.2, 0.25) is 0 Å². The Bertz CT molecular complexity index is 725. The number of hydrogen-bond acceptors (Lipinski definition) is 6. The van der Waals surface area contributed by atoms with Crippen LogP contribution in [-0.2, 0) is 0 Å². The molecule has 1 heterocycles. The molecule has 0 fully saturated rings. The van der Waals surface area contributed by atoms with Crippen molar-refractivity contribution >= 4 is 11.3 Å². The van der Waals surface area contributed by atoms with Crippen LogP contribution in [0.15, 0.2) is 30.5 Å². The lowest BCUT2D eigenvalue weighted by Crippen LogP contribution is -2.33. The van der Waals surface area contributed by atoms with Crippen LogP contribution < -0.4 is 10.1 Å². The lowest BCUT2D eigenvalue weighted by Gasteiger charge is -2.17. The molecule has 0 saturated carbocycles. The number of allylic oxidation sites excluding steroid dienone is 1. The Morgan fingerprint density at radius 1 is 1.43 bits per heavy atom. The Morgan fingerprint density at radius 2 is 2.22 bits per heavy atom. The monoisotopic (exact) mass is 328 g/mol. The molecule has 0 aliphatic heterocycles. The summed E-state index contributed by atoms with van der Waals surface area (Å²) in [4.78, 5) is 0. The van der Waals surface area contributed by atoms with Gasteiger partial charge in [-0.1, -0.05) is 6.07 Å². The van der Waals surface area contributed by atoms with Crippen molar-refractivity contribution in [1.82, 2.24) is 20.6 Å². The fourth-order valence-corrected chi connectivity index (χ4v) is 1.43. The first kappa shape index (κ1) is 16.2. The Labute approximate surface area is 126 Å². The van der Waals surface area contributed by atoms with E-state index in [1.807, 2.05) is 0 Å². The summed E-state index contributed by atoms with van der Waals surface area (Å²) in [5.74, 6) is -0.441. The van der Waals surface area contributed by atoms with Gasteiger partial charge in [0.1, 0.15) is 17.4 Å². The normalized spacial score (nSPS) is 12.1. The second-order valence-corrected chi connectivity index (χ2v) is 4.04. The minimum atomic E-state index is -4.60. The molecule has 2 rings (SSSR count). The molecule has 0 aliphatic rings. The summed E-state index contributed by atoms with van der Waals surface area (Å²) in [7, 11) is 0. The quantitative estimate of drug-likeness (QED) is 0.624. The summed E-state index contributed by atoms with van der Waals surface area (Å²) >= 11 is 0.